The predicted molar refractivity (Wildman–Crippen MR) is 92.5 cm³/mol. The summed E-state index contributed by atoms with van der Waals surface area (Å²) in [7, 11) is 0. The largest absolute Gasteiger partial charge is 0.462 e. The predicted octanol–water partition coefficient (Wildman–Crippen LogP) is 2.67. The van der Waals surface area contributed by atoms with Crippen LogP contribution in [0, 0.1) is 6.92 Å². The van der Waals surface area contributed by atoms with Crippen LogP contribution in [0.4, 0.5) is 0 Å². The molecule has 0 saturated heterocycles. The van der Waals surface area contributed by atoms with E-state index in [1.54, 1.807) is 25.1 Å². The van der Waals surface area contributed by atoms with Gasteiger partial charge in [-0.2, -0.15) is 0 Å². The Labute approximate surface area is 145 Å². The van der Waals surface area contributed by atoms with Crippen LogP contribution in [0.5, 0.6) is 0 Å². The van der Waals surface area contributed by atoms with Gasteiger partial charge in [-0.25, -0.2) is 10.6 Å². The number of nitrogens with two attached hydrogens (primary N) is 1. The van der Waals surface area contributed by atoms with Crippen molar-refractivity contribution in [1.82, 2.24) is 9.99 Å². The third-order valence-corrected chi connectivity index (χ3v) is 3.98. The molecule has 0 aliphatic heterocycles. The molecule has 24 heavy (non-hydrogen) atoms. The standard InChI is InChI=1S/C17H20ClN3O3/c1-3-24-17(23)14-10-15(12-4-6-13(18)7-5-12)21(11(14)2)9-8-16(22)20-19/h4-7,10H,3,8-9,19H2,1-2H3,(H,20,22). The van der Waals surface area contributed by atoms with E-state index in [1.165, 1.54) is 0 Å². The van der Waals surface area contributed by atoms with Crippen LogP contribution in [0.3, 0.4) is 0 Å². The first-order chi connectivity index (χ1) is 11.5. The summed E-state index contributed by atoms with van der Waals surface area (Å²) >= 11 is 5.94. The lowest BCUT2D eigenvalue weighted by molar-refractivity contribution is -0.121. The van der Waals surface area contributed by atoms with E-state index in [4.69, 9.17) is 22.2 Å². The molecule has 1 aromatic heterocycles. The van der Waals surface area contributed by atoms with Crippen molar-refractivity contribution in [3.05, 3.63) is 46.6 Å². The van der Waals surface area contributed by atoms with Gasteiger partial charge in [-0.1, -0.05) is 23.7 Å². The fourth-order valence-electron chi connectivity index (χ4n) is 2.49. The van der Waals surface area contributed by atoms with Crippen molar-refractivity contribution in [2.75, 3.05) is 6.61 Å². The highest BCUT2D eigenvalue weighted by Gasteiger charge is 2.19. The molecule has 0 fully saturated rings. The van der Waals surface area contributed by atoms with Crippen molar-refractivity contribution >= 4 is 23.5 Å². The normalized spacial score (nSPS) is 10.5. The average molecular weight is 350 g/mol. The minimum Gasteiger partial charge on any atom is -0.462 e. The van der Waals surface area contributed by atoms with Crippen LogP contribution in [0.1, 0.15) is 29.4 Å². The number of carbonyl (C=O) groups is 2. The van der Waals surface area contributed by atoms with E-state index in [2.05, 4.69) is 5.43 Å². The Balaban J connectivity index is 2.45. The Morgan fingerprint density at radius 1 is 1.29 bits per heavy atom. The number of hydrogen-bond donors (Lipinski definition) is 2. The summed E-state index contributed by atoms with van der Waals surface area (Å²) in [5, 5.41) is 0.627. The van der Waals surface area contributed by atoms with Gasteiger partial charge in [-0.05, 0) is 37.6 Å². The lowest BCUT2D eigenvalue weighted by atomic mass is 10.1. The Morgan fingerprint density at radius 2 is 1.96 bits per heavy atom. The molecule has 128 valence electrons. The van der Waals surface area contributed by atoms with E-state index in [9.17, 15) is 9.59 Å². The molecule has 3 N–H and O–H groups in total. The molecule has 6 nitrogen and oxygen atoms in total. The van der Waals surface area contributed by atoms with Gasteiger partial charge in [-0.15, -0.1) is 0 Å². The van der Waals surface area contributed by atoms with Crippen molar-refractivity contribution in [2.45, 2.75) is 26.8 Å². The number of benzene rings is 1. The number of nitrogens with one attached hydrogen (secondary N) is 1. The first-order valence-electron chi connectivity index (χ1n) is 7.60. The van der Waals surface area contributed by atoms with E-state index in [1.807, 2.05) is 23.6 Å². The summed E-state index contributed by atoms with van der Waals surface area (Å²) in [6, 6.07) is 9.06. The number of ether oxygens (including phenoxy) is 1. The molecule has 7 heteroatoms. The van der Waals surface area contributed by atoms with Gasteiger partial charge in [0.25, 0.3) is 0 Å². The number of aromatic nitrogens is 1. The van der Waals surface area contributed by atoms with Gasteiger partial charge in [0.05, 0.1) is 12.2 Å². The molecule has 1 heterocycles. The molecule has 0 radical (unpaired) electrons. The second kappa shape index (κ2) is 7.99. The summed E-state index contributed by atoms with van der Waals surface area (Å²) in [5.74, 6) is 4.48. The highest BCUT2D eigenvalue weighted by Crippen LogP contribution is 2.28. The zero-order chi connectivity index (χ0) is 17.7. The summed E-state index contributed by atoms with van der Waals surface area (Å²) in [4.78, 5) is 23.6. The number of nitrogens with zero attached hydrogens (tertiary/aromatic N) is 1. The summed E-state index contributed by atoms with van der Waals surface area (Å²) in [6.45, 7) is 4.28. The number of esters is 1. The molecule has 2 aromatic rings. The van der Waals surface area contributed by atoms with Gasteiger partial charge in [0.2, 0.25) is 5.91 Å². The van der Waals surface area contributed by atoms with E-state index < -0.39 is 0 Å². The Bertz CT molecular complexity index is 738. The third-order valence-electron chi connectivity index (χ3n) is 3.73. The number of hydrazine groups is 1. The number of rotatable bonds is 6. The highest BCUT2D eigenvalue weighted by atomic mass is 35.5. The van der Waals surface area contributed by atoms with E-state index in [0.29, 0.717) is 23.7 Å². The van der Waals surface area contributed by atoms with Crippen molar-refractivity contribution in [1.29, 1.82) is 0 Å². The Hall–Kier alpha value is -2.31. The maximum atomic E-state index is 12.2. The molecule has 0 saturated carbocycles. The smallest absolute Gasteiger partial charge is 0.339 e. The number of hydrogen-bond acceptors (Lipinski definition) is 4. The van der Waals surface area contributed by atoms with Crippen LogP contribution in [-0.2, 0) is 16.1 Å². The third kappa shape index (κ3) is 3.96. The van der Waals surface area contributed by atoms with Crippen LogP contribution in [-0.4, -0.2) is 23.1 Å². The fourth-order valence-corrected chi connectivity index (χ4v) is 2.62. The van der Waals surface area contributed by atoms with Crippen molar-refractivity contribution in [2.24, 2.45) is 5.84 Å². The molecular weight excluding hydrogens is 330 g/mol. The van der Waals surface area contributed by atoms with Crippen molar-refractivity contribution < 1.29 is 14.3 Å². The molecule has 0 spiro atoms. The molecule has 1 aromatic carbocycles. The van der Waals surface area contributed by atoms with Crippen molar-refractivity contribution in [3.63, 3.8) is 0 Å². The van der Waals surface area contributed by atoms with Gasteiger partial charge >= 0.3 is 5.97 Å². The van der Waals surface area contributed by atoms with Gasteiger partial charge in [0.15, 0.2) is 0 Å². The van der Waals surface area contributed by atoms with Crippen LogP contribution in [0.2, 0.25) is 5.02 Å². The highest BCUT2D eigenvalue weighted by molar-refractivity contribution is 6.30. The van der Waals surface area contributed by atoms with Gasteiger partial charge in [0, 0.05) is 29.4 Å². The second-order valence-electron chi connectivity index (χ2n) is 5.23. The van der Waals surface area contributed by atoms with Crippen LogP contribution >= 0.6 is 11.6 Å². The molecule has 0 unspecified atom stereocenters. The zero-order valence-electron chi connectivity index (χ0n) is 13.6. The molecular formula is C17H20ClN3O3. The second-order valence-corrected chi connectivity index (χ2v) is 5.66. The summed E-state index contributed by atoms with van der Waals surface area (Å²) in [5.41, 5.74) is 5.04. The van der Waals surface area contributed by atoms with Gasteiger partial charge < -0.3 is 9.30 Å². The van der Waals surface area contributed by atoms with E-state index in [-0.39, 0.29) is 18.3 Å². The molecule has 0 bridgehead atoms. The number of amides is 1. The van der Waals surface area contributed by atoms with Crippen LogP contribution < -0.4 is 11.3 Å². The average Bonchev–Trinajstić information content (AvgIpc) is 2.90. The monoisotopic (exact) mass is 349 g/mol. The quantitative estimate of drug-likeness (QED) is 0.363. The zero-order valence-corrected chi connectivity index (χ0v) is 14.4. The van der Waals surface area contributed by atoms with Crippen LogP contribution in [0.15, 0.2) is 30.3 Å². The maximum absolute atomic E-state index is 12.2. The first kappa shape index (κ1) is 18.0. The topological polar surface area (TPSA) is 86.3 Å². The van der Waals surface area contributed by atoms with E-state index in [0.717, 1.165) is 17.0 Å². The maximum Gasteiger partial charge on any atom is 0.339 e. The Morgan fingerprint density at radius 3 is 2.54 bits per heavy atom. The fraction of sp³-hybridized carbons (Fsp3) is 0.294. The first-order valence-corrected chi connectivity index (χ1v) is 7.98. The molecule has 0 aliphatic carbocycles. The van der Waals surface area contributed by atoms with Gasteiger partial charge in [0.1, 0.15) is 0 Å². The summed E-state index contributed by atoms with van der Waals surface area (Å²) < 4.78 is 7.01. The number of halogens is 1. The lowest BCUT2D eigenvalue weighted by Gasteiger charge is -2.12. The van der Waals surface area contributed by atoms with E-state index >= 15 is 0 Å². The van der Waals surface area contributed by atoms with Gasteiger partial charge in [-0.3, -0.25) is 10.2 Å². The molecule has 2 rings (SSSR count). The Kier molecular flexibility index (Phi) is 6.00. The number of carbonyl (C=O) groups excluding carboxylic acids is 2. The van der Waals surface area contributed by atoms with Crippen LogP contribution in [0.25, 0.3) is 11.3 Å². The minimum absolute atomic E-state index is 0.203. The molecule has 0 aliphatic rings. The summed E-state index contributed by atoms with van der Waals surface area (Å²) in [6.07, 6.45) is 0.203. The lowest BCUT2D eigenvalue weighted by Crippen LogP contribution is -2.30. The van der Waals surface area contributed by atoms with Crippen molar-refractivity contribution in [3.8, 4) is 11.3 Å². The molecule has 0 atom stereocenters. The SMILES string of the molecule is CCOC(=O)c1cc(-c2ccc(Cl)cc2)n(CCC(=O)NN)c1C. The molecule has 1 amide bonds. The minimum atomic E-state index is -0.382.